The molecule has 1 unspecified atom stereocenters. The summed E-state index contributed by atoms with van der Waals surface area (Å²) in [5.41, 5.74) is 2.76. The summed E-state index contributed by atoms with van der Waals surface area (Å²) in [6.45, 7) is 0. The Kier molecular flexibility index (Phi) is 4.91. The van der Waals surface area contributed by atoms with Crippen molar-refractivity contribution >= 4 is 5.71 Å². The maximum atomic E-state index is 9.47. The standard InChI is InChI=1S/C17H16N2O/c1-20-19-17(12-14-8-4-2-5-9-14)16(13-18)15-10-6-3-7-11-15/h2-11,16H,12H2,1H3/b19-17+. The van der Waals surface area contributed by atoms with Gasteiger partial charge in [-0.2, -0.15) is 5.26 Å². The molecular formula is C17H16N2O. The molecule has 0 fully saturated rings. The number of oxime groups is 1. The molecule has 100 valence electrons. The van der Waals surface area contributed by atoms with Crippen LogP contribution in [-0.2, 0) is 11.3 Å². The van der Waals surface area contributed by atoms with Gasteiger partial charge in [0, 0.05) is 6.42 Å². The maximum absolute atomic E-state index is 9.47. The molecule has 20 heavy (non-hydrogen) atoms. The third-order valence-corrected chi connectivity index (χ3v) is 3.03. The van der Waals surface area contributed by atoms with Crippen LogP contribution < -0.4 is 0 Å². The van der Waals surface area contributed by atoms with Gasteiger partial charge < -0.3 is 4.84 Å². The lowest BCUT2D eigenvalue weighted by atomic mass is 9.91. The molecule has 2 rings (SSSR count). The Balaban J connectivity index is 2.28. The number of nitriles is 1. The summed E-state index contributed by atoms with van der Waals surface area (Å²) in [7, 11) is 1.50. The molecule has 0 amide bonds. The number of rotatable bonds is 5. The second kappa shape index (κ2) is 7.10. The van der Waals surface area contributed by atoms with E-state index in [9.17, 15) is 5.26 Å². The third-order valence-electron chi connectivity index (χ3n) is 3.03. The van der Waals surface area contributed by atoms with E-state index in [2.05, 4.69) is 11.2 Å². The highest BCUT2D eigenvalue weighted by molar-refractivity contribution is 5.94. The van der Waals surface area contributed by atoms with Crippen LogP contribution in [0.15, 0.2) is 65.8 Å². The largest absolute Gasteiger partial charge is 0.399 e. The number of nitrogens with zero attached hydrogens (tertiary/aromatic N) is 2. The highest BCUT2D eigenvalue weighted by Gasteiger charge is 2.19. The SMILES string of the molecule is CO/N=C(\Cc1ccccc1)C(C#N)c1ccccc1. The number of hydrogen-bond acceptors (Lipinski definition) is 3. The van der Waals surface area contributed by atoms with Gasteiger partial charge in [0.1, 0.15) is 13.0 Å². The molecule has 0 saturated heterocycles. The molecule has 0 aliphatic carbocycles. The van der Waals surface area contributed by atoms with Gasteiger partial charge in [-0.15, -0.1) is 0 Å². The Morgan fingerprint density at radius 3 is 2.25 bits per heavy atom. The maximum Gasteiger partial charge on any atom is 0.113 e. The molecule has 2 aromatic carbocycles. The van der Waals surface area contributed by atoms with Crippen LogP contribution in [0.1, 0.15) is 17.0 Å². The van der Waals surface area contributed by atoms with E-state index < -0.39 is 5.92 Å². The smallest absolute Gasteiger partial charge is 0.113 e. The molecule has 0 aliphatic rings. The summed E-state index contributed by atoms with van der Waals surface area (Å²) in [5, 5.41) is 13.5. The summed E-state index contributed by atoms with van der Waals surface area (Å²) < 4.78 is 0. The van der Waals surface area contributed by atoms with E-state index in [4.69, 9.17) is 4.84 Å². The van der Waals surface area contributed by atoms with Crippen molar-refractivity contribution in [1.29, 1.82) is 5.26 Å². The summed E-state index contributed by atoms with van der Waals surface area (Å²) in [4.78, 5) is 4.92. The van der Waals surface area contributed by atoms with Crippen LogP contribution in [0.25, 0.3) is 0 Å². The van der Waals surface area contributed by atoms with Crippen molar-refractivity contribution in [3.05, 3.63) is 71.8 Å². The summed E-state index contributed by atoms with van der Waals surface area (Å²) in [6, 6.07) is 21.9. The molecule has 1 atom stereocenters. The van der Waals surface area contributed by atoms with Gasteiger partial charge in [-0.25, -0.2) is 0 Å². The van der Waals surface area contributed by atoms with Crippen LogP contribution in [0.3, 0.4) is 0 Å². The first-order valence-electron chi connectivity index (χ1n) is 6.43. The van der Waals surface area contributed by atoms with Gasteiger partial charge in [-0.05, 0) is 11.1 Å². The van der Waals surface area contributed by atoms with Crippen molar-refractivity contribution in [2.24, 2.45) is 5.16 Å². The van der Waals surface area contributed by atoms with Crippen LogP contribution in [0.4, 0.5) is 0 Å². The molecule has 0 spiro atoms. The first-order chi connectivity index (χ1) is 9.85. The van der Waals surface area contributed by atoms with Crippen molar-refractivity contribution < 1.29 is 4.84 Å². The fraction of sp³-hybridized carbons (Fsp3) is 0.176. The highest BCUT2D eigenvalue weighted by atomic mass is 16.6. The number of benzene rings is 2. The van der Waals surface area contributed by atoms with E-state index in [1.54, 1.807) is 0 Å². The number of hydrogen-bond donors (Lipinski definition) is 0. The Labute approximate surface area is 119 Å². The van der Waals surface area contributed by atoms with E-state index in [1.807, 2.05) is 60.7 Å². The summed E-state index contributed by atoms with van der Waals surface area (Å²) >= 11 is 0. The van der Waals surface area contributed by atoms with E-state index in [0.29, 0.717) is 12.1 Å². The topological polar surface area (TPSA) is 45.4 Å². The lowest BCUT2D eigenvalue weighted by Crippen LogP contribution is -2.14. The minimum absolute atomic E-state index is 0.392. The minimum Gasteiger partial charge on any atom is -0.399 e. The Bertz CT molecular complexity index is 600. The van der Waals surface area contributed by atoms with Gasteiger partial charge in [0.15, 0.2) is 0 Å². The van der Waals surface area contributed by atoms with E-state index in [0.717, 1.165) is 11.1 Å². The molecular weight excluding hydrogens is 248 g/mol. The van der Waals surface area contributed by atoms with Crippen LogP contribution in [0.2, 0.25) is 0 Å². The van der Waals surface area contributed by atoms with Crippen LogP contribution in [0.5, 0.6) is 0 Å². The van der Waals surface area contributed by atoms with E-state index in [1.165, 1.54) is 7.11 Å². The highest BCUT2D eigenvalue weighted by Crippen LogP contribution is 2.19. The molecule has 0 N–H and O–H groups in total. The average Bonchev–Trinajstić information content (AvgIpc) is 2.50. The van der Waals surface area contributed by atoms with Gasteiger partial charge >= 0.3 is 0 Å². The third kappa shape index (κ3) is 3.46. The minimum atomic E-state index is -0.392. The van der Waals surface area contributed by atoms with E-state index >= 15 is 0 Å². The molecule has 3 heteroatoms. The van der Waals surface area contributed by atoms with Gasteiger partial charge in [0.25, 0.3) is 0 Å². The second-order valence-corrected chi connectivity index (χ2v) is 4.40. The first kappa shape index (κ1) is 13.8. The molecule has 0 heterocycles. The lowest BCUT2D eigenvalue weighted by Gasteiger charge is -2.12. The fourth-order valence-electron chi connectivity index (χ4n) is 2.10. The Morgan fingerprint density at radius 2 is 1.70 bits per heavy atom. The van der Waals surface area contributed by atoms with E-state index in [-0.39, 0.29) is 0 Å². The average molecular weight is 264 g/mol. The predicted octanol–water partition coefficient (Wildman–Crippen LogP) is 3.54. The van der Waals surface area contributed by atoms with Gasteiger partial charge in [-0.3, -0.25) is 0 Å². The van der Waals surface area contributed by atoms with Crippen molar-refractivity contribution in [2.75, 3.05) is 7.11 Å². The zero-order valence-electron chi connectivity index (χ0n) is 11.4. The molecule has 2 aromatic rings. The molecule has 0 radical (unpaired) electrons. The molecule has 0 saturated carbocycles. The van der Waals surface area contributed by atoms with Crippen LogP contribution in [0, 0.1) is 11.3 Å². The fourth-order valence-corrected chi connectivity index (χ4v) is 2.10. The van der Waals surface area contributed by atoms with Crippen molar-refractivity contribution in [3.63, 3.8) is 0 Å². The normalized spacial score (nSPS) is 12.5. The van der Waals surface area contributed by atoms with Crippen molar-refractivity contribution in [2.45, 2.75) is 12.3 Å². The van der Waals surface area contributed by atoms with Gasteiger partial charge in [0.05, 0.1) is 11.8 Å². The Morgan fingerprint density at radius 1 is 1.10 bits per heavy atom. The van der Waals surface area contributed by atoms with Crippen LogP contribution >= 0.6 is 0 Å². The Hall–Kier alpha value is -2.60. The molecule has 3 nitrogen and oxygen atoms in total. The zero-order chi connectivity index (χ0) is 14.2. The first-order valence-corrected chi connectivity index (χ1v) is 6.43. The monoisotopic (exact) mass is 264 g/mol. The lowest BCUT2D eigenvalue weighted by molar-refractivity contribution is 0.212. The van der Waals surface area contributed by atoms with Crippen molar-refractivity contribution in [3.8, 4) is 6.07 Å². The molecule has 0 aliphatic heterocycles. The second-order valence-electron chi connectivity index (χ2n) is 4.40. The zero-order valence-corrected chi connectivity index (χ0v) is 11.4. The van der Waals surface area contributed by atoms with Crippen LogP contribution in [-0.4, -0.2) is 12.8 Å². The summed E-state index contributed by atoms with van der Waals surface area (Å²) in [6.07, 6.45) is 0.599. The summed E-state index contributed by atoms with van der Waals surface area (Å²) in [5.74, 6) is -0.392. The van der Waals surface area contributed by atoms with Crippen molar-refractivity contribution in [1.82, 2.24) is 0 Å². The van der Waals surface area contributed by atoms with Gasteiger partial charge in [0.2, 0.25) is 0 Å². The predicted molar refractivity (Wildman–Crippen MR) is 79.4 cm³/mol. The quantitative estimate of drug-likeness (QED) is 0.612. The molecule has 0 bridgehead atoms. The molecule has 0 aromatic heterocycles. The van der Waals surface area contributed by atoms with Gasteiger partial charge in [-0.1, -0.05) is 65.8 Å².